The molecule has 4 N–H and O–H groups in total. The fourth-order valence-electron chi connectivity index (χ4n) is 2.36. The SMILES string of the molecule is Cc1ccc(NC(=O)CC(CN)CC(C)C)c(C)c1O. The molecule has 20 heavy (non-hydrogen) atoms. The lowest BCUT2D eigenvalue weighted by molar-refractivity contribution is -0.117. The Bertz CT molecular complexity index is 470. The van der Waals surface area contributed by atoms with Gasteiger partial charge >= 0.3 is 0 Å². The molecule has 1 unspecified atom stereocenters. The number of benzene rings is 1. The van der Waals surface area contributed by atoms with Gasteiger partial charge in [0.1, 0.15) is 5.75 Å². The van der Waals surface area contributed by atoms with Crippen molar-refractivity contribution in [2.45, 2.75) is 40.5 Å². The van der Waals surface area contributed by atoms with Crippen LogP contribution in [0.25, 0.3) is 0 Å². The summed E-state index contributed by atoms with van der Waals surface area (Å²) >= 11 is 0. The van der Waals surface area contributed by atoms with E-state index in [0.717, 1.165) is 12.0 Å². The van der Waals surface area contributed by atoms with Gasteiger partial charge in [0.25, 0.3) is 0 Å². The van der Waals surface area contributed by atoms with Crippen LogP contribution in [0.15, 0.2) is 12.1 Å². The number of aromatic hydroxyl groups is 1. The minimum atomic E-state index is -0.0487. The molecule has 0 aliphatic carbocycles. The van der Waals surface area contributed by atoms with Crippen LogP contribution in [0.2, 0.25) is 0 Å². The van der Waals surface area contributed by atoms with Crippen molar-refractivity contribution >= 4 is 11.6 Å². The first-order chi connectivity index (χ1) is 9.35. The molecule has 112 valence electrons. The van der Waals surface area contributed by atoms with Gasteiger partial charge in [0, 0.05) is 17.7 Å². The number of carbonyl (C=O) groups excluding carboxylic acids is 1. The van der Waals surface area contributed by atoms with Gasteiger partial charge in [-0.15, -0.1) is 0 Å². The third-order valence-corrected chi connectivity index (χ3v) is 3.52. The predicted molar refractivity (Wildman–Crippen MR) is 82.8 cm³/mol. The molecule has 0 bridgehead atoms. The van der Waals surface area contributed by atoms with Crippen molar-refractivity contribution in [1.29, 1.82) is 0 Å². The average molecular weight is 278 g/mol. The van der Waals surface area contributed by atoms with E-state index in [4.69, 9.17) is 5.73 Å². The summed E-state index contributed by atoms with van der Waals surface area (Å²) in [6.45, 7) is 8.41. The molecule has 0 saturated heterocycles. The summed E-state index contributed by atoms with van der Waals surface area (Å²) in [5.41, 5.74) is 7.89. The Hall–Kier alpha value is -1.55. The zero-order chi connectivity index (χ0) is 15.3. The number of nitrogens with two attached hydrogens (primary N) is 1. The summed E-state index contributed by atoms with van der Waals surface area (Å²) in [4.78, 5) is 12.1. The molecule has 0 aliphatic heterocycles. The first kappa shape index (κ1) is 16.5. The van der Waals surface area contributed by atoms with Gasteiger partial charge in [0.15, 0.2) is 0 Å². The van der Waals surface area contributed by atoms with E-state index in [1.807, 2.05) is 13.0 Å². The zero-order valence-electron chi connectivity index (χ0n) is 12.9. The van der Waals surface area contributed by atoms with Gasteiger partial charge in [-0.05, 0) is 50.3 Å². The fraction of sp³-hybridized carbons (Fsp3) is 0.562. The van der Waals surface area contributed by atoms with Gasteiger partial charge in [-0.25, -0.2) is 0 Å². The number of amides is 1. The summed E-state index contributed by atoms with van der Waals surface area (Å²) in [7, 11) is 0. The Kier molecular flexibility index (Phi) is 6.02. The first-order valence-corrected chi connectivity index (χ1v) is 7.14. The van der Waals surface area contributed by atoms with Crippen LogP contribution in [-0.4, -0.2) is 17.6 Å². The van der Waals surface area contributed by atoms with Crippen LogP contribution < -0.4 is 11.1 Å². The molecule has 1 amide bonds. The number of carbonyl (C=O) groups is 1. The quantitative estimate of drug-likeness (QED) is 0.749. The minimum absolute atomic E-state index is 0.0487. The van der Waals surface area contributed by atoms with Gasteiger partial charge in [-0.2, -0.15) is 0 Å². The first-order valence-electron chi connectivity index (χ1n) is 7.14. The lowest BCUT2D eigenvalue weighted by atomic mass is 9.94. The normalized spacial score (nSPS) is 12.5. The maximum atomic E-state index is 12.1. The highest BCUT2D eigenvalue weighted by molar-refractivity contribution is 5.92. The number of phenols is 1. The van der Waals surface area contributed by atoms with Crippen molar-refractivity contribution < 1.29 is 9.90 Å². The van der Waals surface area contributed by atoms with E-state index in [1.54, 1.807) is 13.0 Å². The van der Waals surface area contributed by atoms with Crippen LogP contribution in [0, 0.1) is 25.7 Å². The second-order valence-electron chi connectivity index (χ2n) is 5.89. The molecule has 0 saturated carbocycles. The van der Waals surface area contributed by atoms with E-state index in [0.29, 0.717) is 30.1 Å². The summed E-state index contributed by atoms with van der Waals surface area (Å²) in [5.74, 6) is 0.920. The Labute approximate surface area is 121 Å². The van der Waals surface area contributed by atoms with Gasteiger partial charge in [0.2, 0.25) is 5.91 Å². The highest BCUT2D eigenvalue weighted by Crippen LogP contribution is 2.28. The van der Waals surface area contributed by atoms with Gasteiger partial charge in [0.05, 0.1) is 0 Å². The Balaban J connectivity index is 2.69. The standard InChI is InChI=1S/C16H26N2O2/c1-10(2)7-13(9-17)8-15(19)18-14-6-5-11(3)16(20)12(14)4/h5-6,10,13,20H,7-9,17H2,1-4H3,(H,18,19). The number of nitrogens with one attached hydrogen (secondary N) is 1. The number of anilines is 1. The second kappa shape index (κ2) is 7.29. The predicted octanol–water partition coefficient (Wildman–Crippen LogP) is 2.96. The fourth-order valence-corrected chi connectivity index (χ4v) is 2.36. The Morgan fingerprint density at radius 3 is 2.55 bits per heavy atom. The molecule has 1 rings (SSSR count). The highest BCUT2D eigenvalue weighted by atomic mass is 16.3. The Morgan fingerprint density at radius 2 is 2.00 bits per heavy atom. The molecule has 0 spiro atoms. The largest absolute Gasteiger partial charge is 0.507 e. The molecule has 1 aromatic carbocycles. The van der Waals surface area contributed by atoms with Crippen LogP contribution in [-0.2, 0) is 4.79 Å². The Morgan fingerprint density at radius 1 is 1.35 bits per heavy atom. The minimum Gasteiger partial charge on any atom is -0.507 e. The zero-order valence-corrected chi connectivity index (χ0v) is 12.9. The number of aryl methyl sites for hydroxylation is 1. The van der Waals surface area contributed by atoms with E-state index < -0.39 is 0 Å². The lowest BCUT2D eigenvalue weighted by Gasteiger charge is -2.17. The lowest BCUT2D eigenvalue weighted by Crippen LogP contribution is -2.23. The van der Waals surface area contributed by atoms with Crippen molar-refractivity contribution in [1.82, 2.24) is 0 Å². The number of rotatable bonds is 6. The van der Waals surface area contributed by atoms with E-state index in [9.17, 15) is 9.90 Å². The van der Waals surface area contributed by atoms with Gasteiger partial charge in [-0.3, -0.25) is 4.79 Å². The molecular formula is C16H26N2O2. The highest BCUT2D eigenvalue weighted by Gasteiger charge is 2.15. The molecule has 0 aromatic heterocycles. The number of hydrogen-bond donors (Lipinski definition) is 3. The topological polar surface area (TPSA) is 75.4 Å². The van der Waals surface area contributed by atoms with Crippen molar-refractivity contribution in [3.05, 3.63) is 23.3 Å². The monoisotopic (exact) mass is 278 g/mol. The van der Waals surface area contributed by atoms with E-state index in [-0.39, 0.29) is 17.6 Å². The molecule has 0 heterocycles. The summed E-state index contributed by atoms with van der Waals surface area (Å²) < 4.78 is 0. The van der Waals surface area contributed by atoms with Crippen molar-refractivity contribution in [2.24, 2.45) is 17.6 Å². The smallest absolute Gasteiger partial charge is 0.224 e. The third kappa shape index (κ3) is 4.53. The van der Waals surface area contributed by atoms with E-state index in [1.165, 1.54) is 0 Å². The van der Waals surface area contributed by atoms with Crippen molar-refractivity contribution in [3.8, 4) is 5.75 Å². The molecule has 0 fully saturated rings. The maximum absolute atomic E-state index is 12.1. The van der Waals surface area contributed by atoms with Gasteiger partial charge < -0.3 is 16.2 Å². The molecule has 4 heteroatoms. The molecule has 0 aliphatic rings. The average Bonchev–Trinajstić information content (AvgIpc) is 2.38. The van der Waals surface area contributed by atoms with E-state index in [2.05, 4.69) is 19.2 Å². The molecule has 4 nitrogen and oxygen atoms in total. The van der Waals surface area contributed by atoms with Crippen LogP contribution >= 0.6 is 0 Å². The molecule has 0 radical (unpaired) electrons. The number of hydrogen-bond acceptors (Lipinski definition) is 3. The molecule has 1 atom stereocenters. The summed E-state index contributed by atoms with van der Waals surface area (Å²) in [5, 5.41) is 12.7. The van der Waals surface area contributed by atoms with Crippen LogP contribution in [0.4, 0.5) is 5.69 Å². The van der Waals surface area contributed by atoms with Gasteiger partial charge in [-0.1, -0.05) is 19.9 Å². The summed E-state index contributed by atoms with van der Waals surface area (Å²) in [6.07, 6.45) is 1.37. The van der Waals surface area contributed by atoms with Crippen molar-refractivity contribution in [3.63, 3.8) is 0 Å². The van der Waals surface area contributed by atoms with E-state index >= 15 is 0 Å². The third-order valence-electron chi connectivity index (χ3n) is 3.52. The molecular weight excluding hydrogens is 252 g/mol. The second-order valence-corrected chi connectivity index (χ2v) is 5.89. The maximum Gasteiger partial charge on any atom is 0.224 e. The van der Waals surface area contributed by atoms with Crippen molar-refractivity contribution in [2.75, 3.05) is 11.9 Å². The summed E-state index contributed by atoms with van der Waals surface area (Å²) in [6, 6.07) is 3.62. The molecule has 1 aromatic rings. The number of phenolic OH excluding ortho intramolecular Hbond substituents is 1. The van der Waals surface area contributed by atoms with Crippen LogP contribution in [0.5, 0.6) is 5.75 Å². The van der Waals surface area contributed by atoms with Crippen LogP contribution in [0.3, 0.4) is 0 Å². The van der Waals surface area contributed by atoms with Crippen LogP contribution in [0.1, 0.15) is 37.8 Å².